The lowest BCUT2D eigenvalue weighted by Crippen LogP contribution is -2.46. The number of morpholine rings is 1. The molecule has 2 aliphatic heterocycles. The lowest BCUT2D eigenvalue weighted by molar-refractivity contribution is -0.0790. The summed E-state index contributed by atoms with van der Waals surface area (Å²) in [5.41, 5.74) is -0.104. The quantitative estimate of drug-likeness (QED) is 0.815. The van der Waals surface area contributed by atoms with E-state index in [1.807, 2.05) is 0 Å². The number of carbonyl (C=O) groups excluding carboxylic acids is 1. The van der Waals surface area contributed by atoms with Gasteiger partial charge in [0.15, 0.2) is 5.56 Å². The van der Waals surface area contributed by atoms with Crippen molar-refractivity contribution in [3.05, 3.63) is 35.6 Å². The third-order valence-electron chi connectivity index (χ3n) is 4.96. The molecule has 2 aromatic rings. The van der Waals surface area contributed by atoms with Gasteiger partial charge >= 0.3 is 5.97 Å². The molecule has 1 aromatic heterocycles. The van der Waals surface area contributed by atoms with Gasteiger partial charge in [-0.2, -0.15) is 5.10 Å². The Bertz CT molecular complexity index is 836. The summed E-state index contributed by atoms with van der Waals surface area (Å²) in [6.45, 7) is 3.70. The highest BCUT2D eigenvalue weighted by Crippen LogP contribution is 2.34. The van der Waals surface area contributed by atoms with Gasteiger partial charge in [0.25, 0.3) is 0 Å². The Balaban J connectivity index is 1.67. The minimum Gasteiger partial charge on any atom is -0.476 e. The van der Waals surface area contributed by atoms with Gasteiger partial charge in [-0.1, -0.05) is 12.1 Å². The van der Waals surface area contributed by atoms with E-state index in [1.165, 1.54) is 22.9 Å². The van der Waals surface area contributed by atoms with Crippen LogP contribution in [0.4, 0.5) is 8.92 Å². The average molecular weight is 379 g/mol. The number of ether oxygens (including phenoxy) is 2. The number of hydrogen-bond acceptors (Lipinski definition) is 6. The van der Waals surface area contributed by atoms with Crippen LogP contribution in [0.1, 0.15) is 16.8 Å². The molecule has 27 heavy (non-hydrogen) atoms. The van der Waals surface area contributed by atoms with Crippen LogP contribution in [-0.2, 0) is 16.2 Å². The Labute approximate surface area is 154 Å². The maximum absolute atomic E-state index is 14.2. The molecule has 0 saturated carbocycles. The zero-order valence-electron chi connectivity index (χ0n) is 14.6. The maximum atomic E-state index is 14.2. The molecule has 3 heterocycles. The van der Waals surface area contributed by atoms with Crippen LogP contribution in [0, 0.1) is 5.82 Å². The number of halogens is 2. The normalized spacial score (nSPS) is 20.4. The molecule has 1 unspecified atom stereocenters. The van der Waals surface area contributed by atoms with E-state index >= 15 is 0 Å². The van der Waals surface area contributed by atoms with E-state index in [2.05, 4.69) is 14.9 Å². The van der Waals surface area contributed by atoms with Crippen LogP contribution in [0.3, 0.4) is 0 Å². The van der Waals surface area contributed by atoms with Crippen molar-refractivity contribution in [3.8, 4) is 17.1 Å². The van der Waals surface area contributed by atoms with E-state index in [-0.39, 0.29) is 28.7 Å². The zero-order chi connectivity index (χ0) is 18.8. The SMILES string of the molecule is O=C(OF)c1c(-c2ccccc2F)nn2c1OCC(N1CCOCC1)CC2. The Morgan fingerprint density at radius 2 is 2.00 bits per heavy atom. The molecule has 0 radical (unpaired) electrons. The van der Waals surface area contributed by atoms with E-state index in [1.54, 1.807) is 6.07 Å². The van der Waals surface area contributed by atoms with Gasteiger partial charge in [-0.05, 0) is 18.6 Å². The third kappa shape index (κ3) is 3.40. The number of hydrogen-bond donors (Lipinski definition) is 0. The van der Waals surface area contributed by atoms with E-state index in [0.717, 1.165) is 19.5 Å². The number of aryl methyl sites for hydroxylation is 1. The van der Waals surface area contributed by atoms with Crippen LogP contribution in [-0.4, -0.2) is 59.6 Å². The highest BCUT2D eigenvalue weighted by Gasteiger charge is 2.33. The summed E-state index contributed by atoms with van der Waals surface area (Å²) in [5, 5.41) is 4.33. The molecule has 0 spiro atoms. The zero-order valence-corrected chi connectivity index (χ0v) is 14.6. The topological polar surface area (TPSA) is 65.8 Å². The standard InChI is InChI=1S/C18H19F2N3O4/c19-14-4-2-1-3-13(14)16-15(18(24)27-20)17-23(21-16)6-5-12(11-26-17)22-7-9-25-10-8-22/h1-4,12H,5-11H2. The molecule has 1 saturated heterocycles. The second-order valence-electron chi connectivity index (χ2n) is 6.50. The molecular formula is C18H19F2N3O4. The van der Waals surface area contributed by atoms with Crippen molar-refractivity contribution in [2.45, 2.75) is 19.0 Å². The summed E-state index contributed by atoms with van der Waals surface area (Å²) >= 11 is 0. The lowest BCUT2D eigenvalue weighted by atomic mass is 10.1. The van der Waals surface area contributed by atoms with Crippen molar-refractivity contribution in [1.29, 1.82) is 0 Å². The minimum atomic E-state index is -1.25. The van der Waals surface area contributed by atoms with Crippen molar-refractivity contribution < 1.29 is 28.1 Å². The molecule has 144 valence electrons. The van der Waals surface area contributed by atoms with Gasteiger partial charge < -0.3 is 9.47 Å². The van der Waals surface area contributed by atoms with Crippen molar-refractivity contribution in [1.82, 2.24) is 14.7 Å². The molecule has 4 rings (SSSR count). The Hall–Kier alpha value is -2.52. The Morgan fingerprint density at radius 3 is 2.74 bits per heavy atom. The third-order valence-corrected chi connectivity index (χ3v) is 4.96. The molecule has 7 nitrogen and oxygen atoms in total. The second kappa shape index (κ2) is 7.61. The van der Waals surface area contributed by atoms with Gasteiger partial charge in [0, 0.05) is 35.8 Å². The lowest BCUT2D eigenvalue weighted by Gasteiger charge is -2.33. The summed E-state index contributed by atoms with van der Waals surface area (Å²) in [6, 6.07) is 5.99. The van der Waals surface area contributed by atoms with Gasteiger partial charge in [0.05, 0.1) is 13.2 Å². The first-order valence-corrected chi connectivity index (χ1v) is 8.82. The number of benzene rings is 1. The predicted octanol–water partition coefficient (Wildman–Crippen LogP) is 2.21. The number of rotatable bonds is 3. The Kier molecular flexibility index (Phi) is 5.04. The van der Waals surface area contributed by atoms with Gasteiger partial charge in [0.2, 0.25) is 5.88 Å². The molecule has 2 aliphatic rings. The smallest absolute Gasteiger partial charge is 0.387 e. The first-order chi connectivity index (χ1) is 13.2. The minimum absolute atomic E-state index is 0.00979. The Morgan fingerprint density at radius 1 is 1.22 bits per heavy atom. The van der Waals surface area contributed by atoms with Crippen molar-refractivity contribution >= 4 is 5.97 Å². The summed E-state index contributed by atoms with van der Waals surface area (Å²) in [4.78, 5) is 17.8. The van der Waals surface area contributed by atoms with Crippen LogP contribution in [0.15, 0.2) is 24.3 Å². The molecule has 1 atom stereocenters. The van der Waals surface area contributed by atoms with Gasteiger partial charge in [-0.25, -0.2) is 18.8 Å². The number of carbonyl (C=O) groups is 1. The van der Waals surface area contributed by atoms with Crippen LogP contribution < -0.4 is 4.74 Å². The van der Waals surface area contributed by atoms with E-state index in [4.69, 9.17) is 9.47 Å². The fraction of sp³-hybridized carbons (Fsp3) is 0.444. The van der Waals surface area contributed by atoms with Crippen molar-refractivity contribution in [3.63, 3.8) is 0 Å². The van der Waals surface area contributed by atoms with E-state index in [0.29, 0.717) is 26.4 Å². The number of nitrogens with zero attached hydrogens (tertiary/aromatic N) is 3. The molecule has 0 N–H and O–H groups in total. The molecular weight excluding hydrogens is 360 g/mol. The summed E-state index contributed by atoms with van der Waals surface area (Å²) in [6.07, 6.45) is 0.732. The van der Waals surface area contributed by atoms with Crippen molar-refractivity contribution in [2.24, 2.45) is 0 Å². The first-order valence-electron chi connectivity index (χ1n) is 8.82. The molecule has 1 fully saturated rings. The molecule has 0 aliphatic carbocycles. The van der Waals surface area contributed by atoms with Crippen LogP contribution in [0.25, 0.3) is 11.3 Å². The van der Waals surface area contributed by atoms with Crippen LogP contribution >= 0.6 is 0 Å². The van der Waals surface area contributed by atoms with Gasteiger partial charge in [0.1, 0.15) is 18.1 Å². The molecule has 0 bridgehead atoms. The highest BCUT2D eigenvalue weighted by molar-refractivity contribution is 5.98. The molecule has 9 heteroatoms. The van der Waals surface area contributed by atoms with Crippen LogP contribution in [0.2, 0.25) is 0 Å². The van der Waals surface area contributed by atoms with Gasteiger partial charge in [-0.15, -0.1) is 0 Å². The largest absolute Gasteiger partial charge is 0.476 e. The van der Waals surface area contributed by atoms with Crippen LogP contribution in [0.5, 0.6) is 5.88 Å². The summed E-state index contributed by atoms with van der Waals surface area (Å²) in [5.74, 6) is -1.71. The summed E-state index contributed by atoms with van der Waals surface area (Å²) in [7, 11) is 0. The van der Waals surface area contributed by atoms with E-state index < -0.39 is 11.8 Å². The fourth-order valence-corrected chi connectivity index (χ4v) is 3.57. The predicted molar refractivity (Wildman–Crippen MR) is 90.4 cm³/mol. The maximum Gasteiger partial charge on any atom is 0.387 e. The molecule has 1 aromatic carbocycles. The second-order valence-corrected chi connectivity index (χ2v) is 6.50. The number of fused-ring (bicyclic) bond motifs is 1. The fourth-order valence-electron chi connectivity index (χ4n) is 3.57. The summed E-state index contributed by atoms with van der Waals surface area (Å²) < 4.78 is 39.6. The molecule has 0 amide bonds. The van der Waals surface area contributed by atoms with Crippen molar-refractivity contribution in [2.75, 3.05) is 32.9 Å². The first kappa shape index (κ1) is 17.9. The highest BCUT2D eigenvalue weighted by atomic mass is 19.3. The monoisotopic (exact) mass is 379 g/mol. The average Bonchev–Trinajstić information content (AvgIpc) is 2.94. The van der Waals surface area contributed by atoms with Gasteiger partial charge in [-0.3, -0.25) is 4.90 Å². The van der Waals surface area contributed by atoms with E-state index in [9.17, 15) is 13.7 Å². The number of aromatic nitrogens is 2.